The van der Waals surface area contributed by atoms with Crippen LogP contribution < -0.4 is 5.32 Å². The van der Waals surface area contributed by atoms with Crippen LogP contribution >= 0.6 is 38.5 Å². The van der Waals surface area contributed by atoms with Gasteiger partial charge in [0, 0.05) is 13.6 Å². The molecule has 0 aliphatic carbocycles. The van der Waals surface area contributed by atoms with Gasteiger partial charge in [-0.25, -0.2) is 0 Å². The Bertz CT molecular complexity index is 623. The summed E-state index contributed by atoms with van der Waals surface area (Å²) in [4.78, 5) is 12.3. The predicted octanol–water partition coefficient (Wildman–Crippen LogP) is 4.72. The number of carbonyl (C=O) groups is 1. The van der Waals surface area contributed by atoms with Crippen molar-refractivity contribution in [2.45, 2.75) is 19.4 Å². The molecule has 1 amide bonds. The molecule has 0 radical (unpaired) electrons. The largest absolute Gasteiger partial charge is 0.343 e. The molecule has 1 N–H and O–H groups in total. The van der Waals surface area contributed by atoms with E-state index in [9.17, 15) is 4.79 Å². The van der Waals surface area contributed by atoms with Gasteiger partial charge >= 0.3 is 0 Å². The molecular formula is C16H15BrINO. The number of hydrogen-bond donors (Lipinski definition) is 1. The van der Waals surface area contributed by atoms with E-state index in [-0.39, 0.29) is 5.91 Å². The zero-order chi connectivity index (χ0) is 14.8. The Morgan fingerprint density at radius 3 is 2.40 bits per heavy atom. The summed E-state index contributed by atoms with van der Waals surface area (Å²) in [6.45, 7) is 4.00. The third-order valence-corrected chi connectivity index (χ3v) is 4.28. The molecule has 0 spiro atoms. The molecule has 0 fully saturated rings. The van der Waals surface area contributed by atoms with Crippen LogP contribution in [0.25, 0.3) is 0 Å². The first kappa shape index (κ1) is 15.5. The van der Waals surface area contributed by atoms with Crippen molar-refractivity contribution < 1.29 is 4.79 Å². The van der Waals surface area contributed by atoms with Crippen molar-refractivity contribution in [2.24, 2.45) is 0 Å². The maximum Gasteiger partial charge on any atom is 0.251 e. The van der Waals surface area contributed by atoms with Crippen molar-refractivity contribution in [3.05, 3.63) is 67.7 Å². The third-order valence-electron chi connectivity index (χ3n) is 3.08. The zero-order valence-corrected chi connectivity index (χ0v) is 15.0. The number of halogens is 2. The molecule has 20 heavy (non-hydrogen) atoms. The molecule has 0 aliphatic heterocycles. The highest BCUT2D eigenvalue weighted by atomic mass is 127. The molecule has 104 valence electrons. The second kappa shape index (κ2) is 6.26. The van der Waals surface area contributed by atoms with Gasteiger partial charge in [0.15, 0.2) is 0 Å². The number of hydrogen-bond acceptors (Lipinski definition) is 1. The lowest BCUT2D eigenvalue weighted by Crippen LogP contribution is -2.41. The van der Waals surface area contributed by atoms with Gasteiger partial charge in [-0.1, -0.05) is 34.1 Å². The Kier molecular flexibility index (Phi) is 4.86. The summed E-state index contributed by atoms with van der Waals surface area (Å²) in [6.07, 6.45) is 0. The van der Waals surface area contributed by atoms with Gasteiger partial charge in [0.1, 0.15) is 0 Å². The van der Waals surface area contributed by atoms with Crippen molar-refractivity contribution in [3.63, 3.8) is 0 Å². The average Bonchev–Trinajstić information content (AvgIpc) is 2.38. The summed E-state index contributed by atoms with van der Waals surface area (Å²) >= 11 is 5.63. The van der Waals surface area contributed by atoms with Crippen LogP contribution in [0.1, 0.15) is 29.8 Å². The molecule has 0 aliphatic rings. The van der Waals surface area contributed by atoms with E-state index in [1.165, 1.54) is 0 Å². The van der Waals surface area contributed by atoms with Gasteiger partial charge in [0.2, 0.25) is 0 Å². The van der Waals surface area contributed by atoms with Crippen LogP contribution in [0.3, 0.4) is 0 Å². The van der Waals surface area contributed by atoms with E-state index in [1.54, 1.807) is 0 Å². The van der Waals surface area contributed by atoms with E-state index < -0.39 is 5.54 Å². The summed E-state index contributed by atoms with van der Waals surface area (Å²) in [6, 6.07) is 15.6. The molecule has 2 rings (SSSR count). The number of rotatable bonds is 3. The molecule has 2 aromatic rings. The molecule has 2 aromatic carbocycles. The van der Waals surface area contributed by atoms with Crippen molar-refractivity contribution in [1.29, 1.82) is 0 Å². The topological polar surface area (TPSA) is 29.1 Å². The first-order valence-electron chi connectivity index (χ1n) is 6.22. The lowest BCUT2D eigenvalue weighted by atomic mass is 9.94. The molecule has 2 nitrogen and oxygen atoms in total. The van der Waals surface area contributed by atoms with Crippen LogP contribution in [0.2, 0.25) is 0 Å². The van der Waals surface area contributed by atoms with Crippen LogP contribution in [-0.4, -0.2) is 5.91 Å². The van der Waals surface area contributed by atoms with Gasteiger partial charge in [-0.3, -0.25) is 4.79 Å². The minimum Gasteiger partial charge on any atom is -0.343 e. The second-order valence-electron chi connectivity index (χ2n) is 5.10. The fourth-order valence-electron chi connectivity index (χ4n) is 1.92. The summed E-state index contributed by atoms with van der Waals surface area (Å²) < 4.78 is 2.08. The quantitative estimate of drug-likeness (QED) is 0.683. The van der Waals surface area contributed by atoms with E-state index in [0.29, 0.717) is 5.56 Å². The van der Waals surface area contributed by atoms with Gasteiger partial charge in [-0.15, -0.1) is 0 Å². The summed E-state index contributed by atoms with van der Waals surface area (Å²) in [5, 5.41) is 3.08. The second-order valence-corrected chi connectivity index (χ2v) is 7.26. The normalized spacial score (nSPS) is 11.2. The van der Waals surface area contributed by atoms with Gasteiger partial charge in [0.05, 0.1) is 5.54 Å². The molecule has 0 aromatic heterocycles. The molecule has 0 unspecified atom stereocenters. The minimum absolute atomic E-state index is 0.0589. The third kappa shape index (κ3) is 3.82. The maximum absolute atomic E-state index is 12.3. The highest BCUT2D eigenvalue weighted by molar-refractivity contribution is 14.1. The van der Waals surface area contributed by atoms with Crippen molar-refractivity contribution in [3.8, 4) is 0 Å². The predicted molar refractivity (Wildman–Crippen MR) is 93.8 cm³/mol. The van der Waals surface area contributed by atoms with E-state index in [2.05, 4.69) is 43.8 Å². The molecule has 0 heterocycles. The van der Waals surface area contributed by atoms with Crippen molar-refractivity contribution >= 4 is 44.4 Å². The van der Waals surface area contributed by atoms with Crippen LogP contribution in [0.15, 0.2) is 53.0 Å². The molecule has 0 atom stereocenters. The number of benzene rings is 2. The van der Waals surface area contributed by atoms with Gasteiger partial charge in [-0.05, 0) is 72.3 Å². The zero-order valence-electron chi connectivity index (χ0n) is 11.3. The smallest absolute Gasteiger partial charge is 0.251 e. The summed E-state index contributed by atoms with van der Waals surface area (Å²) in [5.74, 6) is -0.0589. The van der Waals surface area contributed by atoms with Gasteiger partial charge in [-0.2, -0.15) is 0 Å². The first-order valence-corrected chi connectivity index (χ1v) is 8.10. The Morgan fingerprint density at radius 1 is 1.15 bits per heavy atom. The lowest BCUT2D eigenvalue weighted by molar-refractivity contribution is 0.0912. The van der Waals surface area contributed by atoms with Crippen molar-refractivity contribution in [1.82, 2.24) is 5.32 Å². The Labute approximate surface area is 141 Å². The molecule has 0 saturated heterocycles. The molecule has 4 heteroatoms. The minimum atomic E-state index is -0.418. The summed E-state index contributed by atoms with van der Waals surface area (Å²) in [5.41, 5.74) is 1.33. The van der Waals surface area contributed by atoms with E-state index in [4.69, 9.17) is 0 Å². The number of amides is 1. The lowest BCUT2D eigenvalue weighted by Gasteiger charge is -2.27. The molecule has 0 saturated carbocycles. The Hall–Kier alpha value is -0.880. The fourth-order valence-corrected chi connectivity index (χ4v) is 2.73. The van der Waals surface area contributed by atoms with Crippen LogP contribution in [0.5, 0.6) is 0 Å². The van der Waals surface area contributed by atoms with Gasteiger partial charge < -0.3 is 5.32 Å². The van der Waals surface area contributed by atoms with Crippen LogP contribution in [0, 0.1) is 3.57 Å². The first-order chi connectivity index (χ1) is 9.38. The average molecular weight is 444 g/mol. The highest BCUT2D eigenvalue weighted by Gasteiger charge is 2.23. The highest BCUT2D eigenvalue weighted by Crippen LogP contribution is 2.22. The maximum atomic E-state index is 12.3. The standard InChI is InChI=1S/C16H15BrINO/c1-16(2,12-6-8-13(17)9-7-12)19-15(20)11-4-3-5-14(18)10-11/h3-10H,1-2H3,(H,19,20). The Morgan fingerprint density at radius 2 is 1.80 bits per heavy atom. The van der Waals surface area contributed by atoms with E-state index in [0.717, 1.165) is 13.6 Å². The van der Waals surface area contributed by atoms with E-state index in [1.807, 2.05) is 62.4 Å². The number of carbonyl (C=O) groups excluding carboxylic acids is 1. The summed E-state index contributed by atoms with van der Waals surface area (Å²) in [7, 11) is 0. The SMILES string of the molecule is CC(C)(NC(=O)c1cccc(I)c1)c1ccc(Br)cc1. The monoisotopic (exact) mass is 443 g/mol. The molecule has 0 bridgehead atoms. The number of nitrogens with one attached hydrogen (secondary N) is 1. The fraction of sp³-hybridized carbons (Fsp3) is 0.188. The van der Waals surface area contributed by atoms with Gasteiger partial charge in [0.25, 0.3) is 5.91 Å². The van der Waals surface area contributed by atoms with Crippen molar-refractivity contribution in [2.75, 3.05) is 0 Å². The van der Waals surface area contributed by atoms with E-state index >= 15 is 0 Å². The molecular weight excluding hydrogens is 429 g/mol. The van der Waals surface area contributed by atoms with Crippen LogP contribution in [-0.2, 0) is 5.54 Å². The Balaban J connectivity index is 2.19. The van der Waals surface area contributed by atoms with Crippen LogP contribution in [0.4, 0.5) is 0 Å².